The summed E-state index contributed by atoms with van der Waals surface area (Å²) in [6.07, 6.45) is 0. The molecule has 0 atom stereocenters. The molecule has 0 fully saturated rings. The van der Waals surface area contributed by atoms with Crippen molar-refractivity contribution in [3.8, 4) is 5.69 Å². The lowest BCUT2D eigenvalue weighted by Gasteiger charge is -2.17. The third kappa shape index (κ3) is 2.99. The van der Waals surface area contributed by atoms with Gasteiger partial charge in [0, 0.05) is 18.3 Å². The van der Waals surface area contributed by atoms with Gasteiger partial charge in [-0.25, -0.2) is 4.68 Å². The molecule has 3 rings (SSSR count). The van der Waals surface area contributed by atoms with E-state index in [1.165, 1.54) is 0 Å². The molecule has 0 bridgehead atoms. The van der Waals surface area contributed by atoms with Crippen LogP contribution in [0.4, 0.5) is 5.69 Å². The van der Waals surface area contributed by atoms with E-state index in [1.807, 2.05) is 73.1 Å². The normalized spacial score (nSPS) is 10.7. The average molecular weight is 384 g/mol. The first-order valence-corrected chi connectivity index (χ1v) is 8.43. The summed E-state index contributed by atoms with van der Waals surface area (Å²) in [7, 11) is 1.78. The van der Waals surface area contributed by atoms with Gasteiger partial charge in [0.25, 0.3) is 5.91 Å². The number of hydrogen-bond acceptors (Lipinski definition) is 2. The maximum atomic E-state index is 12.6. The monoisotopic (exact) mass is 383 g/mol. The van der Waals surface area contributed by atoms with E-state index in [-0.39, 0.29) is 5.91 Å². The number of amides is 1. The summed E-state index contributed by atoms with van der Waals surface area (Å²) in [5.41, 5.74) is 4.42. The number of benzene rings is 2. The Morgan fingerprint density at radius 2 is 1.67 bits per heavy atom. The molecule has 2 aromatic carbocycles. The molecular formula is C19H18BrN3O. The van der Waals surface area contributed by atoms with E-state index < -0.39 is 0 Å². The minimum absolute atomic E-state index is 0.0395. The van der Waals surface area contributed by atoms with Gasteiger partial charge in [0.2, 0.25) is 0 Å². The van der Waals surface area contributed by atoms with Gasteiger partial charge in [-0.1, -0.05) is 18.2 Å². The minimum atomic E-state index is -0.0395. The zero-order chi connectivity index (χ0) is 17.3. The van der Waals surface area contributed by atoms with Gasteiger partial charge >= 0.3 is 0 Å². The van der Waals surface area contributed by atoms with Gasteiger partial charge in [-0.3, -0.25) is 4.79 Å². The highest BCUT2D eigenvalue weighted by Crippen LogP contribution is 2.23. The molecular weight excluding hydrogens is 366 g/mol. The number of para-hydroxylation sites is 1. The van der Waals surface area contributed by atoms with E-state index in [0.717, 1.165) is 27.2 Å². The molecule has 0 N–H and O–H groups in total. The summed E-state index contributed by atoms with van der Waals surface area (Å²) < 4.78 is 2.88. The predicted octanol–water partition coefficient (Wildman–Crippen LogP) is 4.53. The zero-order valence-corrected chi connectivity index (χ0v) is 15.4. The van der Waals surface area contributed by atoms with Gasteiger partial charge in [0.05, 0.1) is 21.5 Å². The van der Waals surface area contributed by atoms with Gasteiger partial charge in [-0.05, 0) is 66.2 Å². The maximum absolute atomic E-state index is 12.6. The largest absolute Gasteiger partial charge is 0.311 e. The summed E-state index contributed by atoms with van der Waals surface area (Å²) in [6.45, 7) is 3.96. The van der Waals surface area contributed by atoms with Crippen molar-refractivity contribution in [2.45, 2.75) is 13.8 Å². The van der Waals surface area contributed by atoms with Crippen molar-refractivity contribution in [3.05, 3.63) is 76.0 Å². The number of rotatable bonds is 3. The van der Waals surface area contributed by atoms with Gasteiger partial charge in [-0.2, -0.15) is 5.10 Å². The van der Waals surface area contributed by atoms with Crippen molar-refractivity contribution in [2.75, 3.05) is 11.9 Å². The van der Waals surface area contributed by atoms with E-state index in [4.69, 9.17) is 0 Å². The van der Waals surface area contributed by atoms with Crippen molar-refractivity contribution >= 4 is 27.5 Å². The highest BCUT2D eigenvalue weighted by atomic mass is 79.9. The molecule has 0 spiro atoms. The molecule has 0 unspecified atom stereocenters. The Hall–Kier alpha value is -2.40. The quantitative estimate of drug-likeness (QED) is 0.666. The van der Waals surface area contributed by atoms with E-state index in [1.54, 1.807) is 11.9 Å². The van der Waals surface area contributed by atoms with Gasteiger partial charge in [0.1, 0.15) is 0 Å². The number of anilines is 1. The number of carbonyl (C=O) groups excluding carboxylic acids is 1. The summed E-state index contributed by atoms with van der Waals surface area (Å²) in [4.78, 5) is 14.3. The van der Waals surface area contributed by atoms with Gasteiger partial charge in [-0.15, -0.1) is 0 Å². The summed E-state index contributed by atoms with van der Waals surface area (Å²) in [6, 6.07) is 17.1. The molecule has 0 aliphatic rings. The second-order valence-corrected chi connectivity index (χ2v) is 6.44. The third-order valence-corrected chi connectivity index (χ3v) is 5.16. The first-order valence-electron chi connectivity index (χ1n) is 7.64. The van der Waals surface area contributed by atoms with Crippen LogP contribution in [0.1, 0.15) is 21.7 Å². The number of halogens is 1. The number of carbonyl (C=O) groups is 1. The van der Waals surface area contributed by atoms with Crippen LogP contribution in [0.2, 0.25) is 0 Å². The lowest BCUT2D eigenvalue weighted by atomic mass is 10.1. The molecule has 0 saturated carbocycles. The number of aryl methyl sites for hydroxylation is 1. The van der Waals surface area contributed by atoms with Crippen LogP contribution in [0.15, 0.2) is 59.1 Å². The second-order valence-electron chi connectivity index (χ2n) is 5.64. The first kappa shape index (κ1) is 16.5. The van der Waals surface area contributed by atoms with E-state index in [0.29, 0.717) is 5.56 Å². The Balaban J connectivity index is 1.86. The highest BCUT2D eigenvalue weighted by molar-refractivity contribution is 9.10. The third-order valence-electron chi connectivity index (χ3n) is 4.01. The molecule has 3 aromatic rings. The first-order chi connectivity index (χ1) is 11.5. The standard InChI is InChI=1S/C19H18BrN3O/c1-13-18(20)14(2)23(21-13)17-11-9-15(10-12-17)19(24)22(3)16-7-5-4-6-8-16/h4-12H,1-3H3. The fourth-order valence-corrected chi connectivity index (χ4v) is 2.83. The highest BCUT2D eigenvalue weighted by Gasteiger charge is 2.14. The minimum Gasteiger partial charge on any atom is -0.311 e. The zero-order valence-electron chi connectivity index (χ0n) is 13.8. The molecule has 24 heavy (non-hydrogen) atoms. The van der Waals surface area contributed by atoms with E-state index in [2.05, 4.69) is 21.0 Å². The van der Waals surface area contributed by atoms with E-state index >= 15 is 0 Å². The summed E-state index contributed by atoms with van der Waals surface area (Å²) >= 11 is 3.54. The molecule has 1 amide bonds. The molecule has 0 saturated heterocycles. The summed E-state index contributed by atoms with van der Waals surface area (Å²) in [5.74, 6) is -0.0395. The second kappa shape index (κ2) is 6.61. The molecule has 1 heterocycles. The SMILES string of the molecule is Cc1nn(-c2ccc(C(=O)N(C)c3ccccc3)cc2)c(C)c1Br. The van der Waals surface area contributed by atoms with Crippen molar-refractivity contribution in [3.63, 3.8) is 0 Å². The molecule has 0 aliphatic carbocycles. The lowest BCUT2D eigenvalue weighted by Crippen LogP contribution is -2.26. The van der Waals surface area contributed by atoms with Crippen LogP contribution in [-0.2, 0) is 0 Å². The molecule has 1 aromatic heterocycles. The number of hydrogen-bond donors (Lipinski definition) is 0. The average Bonchev–Trinajstić information content (AvgIpc) is 2.89. The molecule has 122 valence electrons. The Morgan fingerprint density at radius 3 is 2.21 bits per heavy atom. The van der Waals surface area contributed by atoms with Crippen LogP contribution in [-0.4, -0.2) is 22.7 Å². The smallest absolute Gasteiger partial charge is 0.258 e. The lowest BCUT2D eigenvalue weighted by molar-refractivity contribution is 0.0993. The fourth-order valence-electron chi connectivity index (χ4n) is 2.58. The van der Waals surface area contributed by atoms with Gasteiger partial charge in [0.15, 0.2) is 0 Å². The van der Waals surface area contributed by atoms with Crippen LogP contribution >= 0.6 is 15.9 Å². The number of aromatic nitrogens is 2. The maximum Gasteiger partial charge on any atom is 0.258 e. The number of nitrogens with zero attached hydrogens (tertiary/aromatic N) is 3. The van der Waals surface area contributed by atoms with E-state index in [9.17, 15) is 4.79 Å². The fraction of sp³-hybridized carbons (Fsp3) is 0.158. The van der Waals surface area contributed by atoms with Crippen molar-refractivity contribution in [2.24, 2.45) is 0 Å². The van der Waals surface area contributed by atoms with Crippen molar-refractivity contribution < 1.29 is 4.79 Å². The van der Waals surface area contributed by atoms with Crippen LogP contribution in [0.3, 0.4) is 0 Å². The van der Waals surface area contributed by atoms with Gasteiger partial charge < -0.3 is 4.90 Å². The van der Waals surface area contributed by atoms with Crippen molar-refractivity contribution in [1.29, 1.82) is 0 Å². The summed E-state index contributed by atoms with van der Waals surface area (Å²) in [5, 5.41) is 4.51. The van der Waals surface area contributed by atoms with Crippen LogP contribution in [0.25, 0.3) is 5.69 Å². The molecule has 0 aliphatic heterocycles. The van der Waals surface area contributed by atoms with Crippen LogP contribution in [0.5, 0.6) is 0 Å². The van der Waals surface area contributed by atoms with Crippen LogP contribution in [0, 0.1) is 13.8 Å². The van der Waals surface area contributed by atoms with Crippen molar-refractivity contribution in [1.82, 2.24) is 9.78 Å². The Morgan fingerprint density at radius 1 is 1.04 bits per heavy atom. The van der Waals surface area contributed by atoms with Crippen LogP contribution < -0.4 is 4.90 Å². The Bertz CT molecular complexity index is 870. The molecule has 4 nitrogen and oxygen atoms in total. The molecule has 0 radical (unpaired) electrons. The topological polar surface area (TPSA) is 38.1 Å². The molecule has 5 heteroatoms. The Labute approximate surface area is 149 Å². The predicted molar refractivity (Wildman–Crippen MR) is 99.9 cm³/mol. The Kier molecular flexibility index (Phi) is 4.53.